The molecule has 4 nitrogen and oxygen atoms in total. The number of halogens is 1. The van der Waals surface area contributed by atoms with Gasteiger partial charge in [-0.15, -0.1) is 11.8 Å². The molecule has 2 saturated heterocycles. The Hall–Kier alpha value is -0.330. The highest BCUT2D eigenvalue weighted by molar-refractivity contribution is 8.00. The van der Waals surface area contributed by atoms with Crippen LogP contribution in [0.4, 0.5) is 4.39 Å². The minimum absolute atomic E-state index is 0.00440. The first-order valence-electron chi connectivity index (χ1n) is 8.30. The molecule has 21 heavy (non-hydrogen) atoms. The Morgan fingerprint density at radius 2 is 2.05 bits per heavy atom. The van der Waals surface area contributed by atoms with E-state index in [1.807, 2.05) is 11.8 Å². The molecule has 2 aliphatic carbocycles. The molecule has 2 saturated carbocycles. The van der Waals surface area contributed by atoms with E-state index < -0.39 is 6.17 Å². The number of thioether (sulfide) groups is 1. The summed E-state index contributed by atoms with van der Waals surface area (Å²) in [6.07, 6.45) is 5.14. The molecule has 4 rings (SSSR count). The van der Waals surface area contributed by atoms with E-state index in [0.29, 0.717) is 23.1 Å². The summed E-state index contributed by atoms with van der Waals surface area (Å²) >= 11 is 1.87. The van der Waals surface area contributed by atoms with Crippen molar-refractivity contribution in [1.29, 1.82) is 0 Å². The lowest BCUT2D eigenvalue weighted by atomic mass is 9.68. The zero-order valence-electron chi connectivity index (χ0n) is 12.2. The van der Waals surface area contributed by atoms with Gasteiger partial charge in [-0.3, -0.25) is 10.1 Å². The molecular weight excluding hydrogens is 289 g/mol. The van der Waals surface area contributed by atoms with E-state index in [-0.39, 0.29) is 17.4 Å². The zero-order valence-corrected chi connectivity index (χ0v) is 13.0. The van der Waals surface area contributed by atoms with Gasteiger partial charge in [-0.25, -0.2) is 4.39 Å². The van der Waals surface area contributed by atoms with E-state index in [9.17, 15) is 9.18 Å². The van der Waals surface area contributed by atoms with Crippen LogP contribution in [0.3, 0.4) is 0 Å². The van der Waals surface area contributed by atoms with Crippen molar-refractivity contribution >= 4 is 17.7 Å². The van der Waals surface area contributed by atoms with Crippen LogP contribution >= 0.6 is 11.8 Å². The van der Waals surface area contributed by atoms with Gasteiger partial charge in [0.05, 0.1) is 6.04 Å². The molecule has 4 fully saturated rings. The zero-order chi connectivity index (χ0) is 14.4. The Morgan fingerprint density at radius 1 is 1.19 bits per heavy atom. The van der Waals surface area contributed by atoms with E-state index in [4.69, 9.17) is 0 Å². The maximum Gasteiger partial charge on any atom is 0.239 e. The van der Waals surface area contributed by atoms with Crippen LogP contribution in [0, 0.1) is 11.8 Å². The molecule has 0 bridgehead atoms. The van der Waals surface area contributed by atoms with E-state index >= 15 is 0 Å². The number of carbonyl (C=O) groups excluding carboxylic acids is 1. The molecule has 0 aromatic heterocycles. The van der Waals surface area contributed by atoms with Crippen molar-refractivity contribution in [2.24, 2.45) is 11.8 Å². The number of fused-ring (bicyclic) bond motifs is 3. The first-order chi connectivity index (χ1) is 10.2. The Morgan fingerprint density at radius 3 is 2.81 bits per heavy atom. The van der Waals surface area contributed by atoms with E-state index in [2.05, 4.69) is 16.0 Å². The van der Waals surface area contributed by atoms with Crippen molar-refractivity contribution in [3.63, 3.8) is 0 Å². The molecule has 1 amide bonds. The van der Waals surface area contributed by atoms with Crippen molar-refractivity contribution in [3.8, 4) is 0 Å². The summed E-state index contributed by atoms with van der Waals surface area (Å²) in [5.74, 6) is 1.32. The van der Waals surface area contributed by atoms with Crippen molar-refractivity contribution in [3.05, 3.63) is 0 Å². The van der Waals surface area contributed by atoms with Gasteiger partial charge in [-0.05, 0) is 56.9 Å². The molecule has 4 aliphatic rings. The van der Waals surface area contributed by atoms with E-state index in [0.717, 1.165) is 45.1 Å². The summed E-state index contributed by atoms with van der Waals surface area (Å²) in [6.45, 7) is 0.947. The fourth-order valence-corrected chi connectivity index (χ4v) is 6.15. The highest BCUT2D eigenvalue weighted by atomic mass is 32.2. The molecule has 0 spiro atoms. The van der Waals surface area contributed by atoms with Gasteiger partial charge in [0.1, 0.15) is 11.7 Å². The van der Waals surface area contributed by atoms with Crippen molar-refractivity contribution in [2.75, 3.05) is 6.54 Å². The van der Waals surface area contributed by atoms with Crippen LogP contribution < -0.4 is 16.0 Å². The third-order valence-corrected chi connectivity index (χ3v) is 7.24. The van der Waals surface area contributed by atoms with Gasteiger partial charge in [-0.2, -0.15) is 0 Å². The first kappa shape index (κ1) is 14.3. The van der Waals surface area contributed by atoms with Crippen LogP contribution in [-0.4, -0.2) is 41.5 Å². The summed E-state index contributed by atoms with van der Waals surface area (Å²) in [6, 6.07) is 0.497. The Kier molecular flexibility index (Phi) is 3.88. The first-order valence-corrected chi connectivity index (χ1v) is 9.24. The van der Waals surface area contributed by atoms with Gasteiger partial charge in [0.15, 0.2) is 0 Å². The lowest BCUT2D eigenvalue weighted by Gasteiger charge is -2.42. The molecule has 0 aromatic carbocycles. The van der Waals surface area contributed by atoms with Crippen LogP contribution in [0.25, 0.3) is 0 Å². The topological polar surface area (TPSA) is 53.2 Å². The number of alkyl halides is 1. The second-order valence-electron chi connectivity index (χ2n) is 6.97. The smallest absolute Gasteiger partial charge is 0.239 e. The van der Waals surface area contributed by atoms with Gasteiger partial charge in [0.2, 0.25) is 5.91 Å². The van der Waals surface area contributed by atoms with Crippen LogP contribution in [0.5, 0.6) is 0 Å². The second-order valence-corrected chi connectivity index (χ2v) is 8.26. The minimum atomic E-state index is -0.581. The van der Waals surface area contributed by atoms with Crippen LogP contribution in [0.15, 0.2) is 0 Å². The van der Waals surface area contributed by atoms with Crippen LogP contribution in [0.2, 0.25) is 0 Å². The summed E-state index contributed by atoms with van der Waals surface area (Å²) in [7, 11) is 0. The molecule has 0 aromatic rings. The fraction of sp³-hybridized carbons (Fsp3) is 0.933. The summed E-state index contributed by atoms with van der Waals surface area (Å²) in [5.41, 5.74) is 0.0387. The number of nitrogens with one attached hydrogen (secondary N) is 3. The Labute approximate surface area is 129 Å². The third-order valence-electron chi connectivity index (χ3n) is 5.72. The largest absolute Gasteiger partial charge is 0.330 e. The average Bonchev–Trinajstić information content (AvgIpc) is 2.78. The molecular formula is C15H24FN3OS. The average molecular weight is 313 g/mol. The van der Waals surface area contributed by atoms with Crippen molar-refractivity contribution in [1.82, 2.24) is 16.0 Å². The molecule has 2 heterocycles. The summed E-state index contributed by atoms with van der Waals surface area (Å²) in [5, 5.41) is 10.4. The Balaban J connectivity index is 1.37. The van der Waals surface area contributed by atoms with Gasteiger partial charge in [-0.1, -0.05) is 0 Å². The highest BCUT2D eigenvalue weighted by Crippen LogP contribution is 2.48. The number of hydrogen-bond acceptors (Lipinski definition) is 4. The normalized spacial score (nSPS) is 48.9. The van der Waals surface area contributed by atoms with Crippen molar-refractivity contribution < 1.29 is 9.18 Å². The van der Waals surface area contributed by atoms with E-state index in [1.165, 1.54) is 0 Å². The number of hydrogen-bond donors (Lipinski definition) is 3. The molecule has 7 atom stereocenters. The lowest BCUT2D eigenvalue weighted by molar-refractivity contribution is -0.125. The van der Waals surface area contributed by atoms with Crippen molar-refractivity contribution in [2.45, 2.75) is 67.5 Å². The van der Waals surface area contributed by atoms with Gasteiger partial charge < -0.3 is 10.6 Å². The number of carbonyl (C=O) groups is 1. The second kappa shape index (κ2) is 5.70. The maximum atomic E-state index is 13.6. The van der Waals surface area contributed by atoms with Gasteiger partial charge in [0, 0.05) is 11.3 Å². The molecule has 118 valence electrons. The van der Waals surface area contributed by atoms with Gasteiger partial charge >= 0.3 is 0 Å². The molecule has 0 radical (unpaired) electrons. The molecule has 3 N–H and O–H groups in total. The summed E-state index contributed by atoms with van der Waals surface area (Å²) in [4.78, 5) is 12.0. The summed E-state index contributed by atoms with van der Waals surface area (Å²) < 4.78 is 13.6. The quantitative estimate of drug-likeness (QED) is 0.721. The number of amides is 1. The minimum Gasteiger partial charge on any atom is -0.330 e. The predicted molar refractivity (Wildman–Crippen MR) is 81.6 cm³/mol. The Bertz CT molecular complexity index is 420. The molecule has 6 unspecified atom stereocenters. The lowest BCUT2D eigenvalue weighted by Crippen LogP contribution is -2.56. The van der Waals surface area contributed by atoms with Gasteiger partial charge in [0.25, 0.3) is 0 Å². The monoisotopic (exact) mass is 313 g/mol. The maximum absolute atomic E-state index is 13.6. The molecule has 6 heteroatoms. The number of rotatable bonds is 2. The highest BCUT2D eigenvalue weighted by Gasteiger charge is 2.47. The SMILES string of the molecule is O=C(NC1NC2CCC3CC(F)CCC3C2S1)[C@H]1CCN1. The van der Waals surface area contributed by atoms with Crippen LogP contribution in [0.1, 0.15) is 38.5 Å². The predicted octanol–water partition coefficient (Wildman–Crippen LogP) is 1.37. The third kappa shape index (κ3) is 2.70. The standard InChI is InChI=1S/C15H24FN3OS/c16-9-2-3-10-8(7-9)1-4-11-13(10)21-15(18-11)19-14(20)12-5-6-17-12/h8-13,15,17-18H,1-7H2,(H,19,20)/t8?,9?,10?,11?,12-,13?,15?/m1/s1. The van der Waals surface area contributed by atoms with Crippen LogP contribution in [-0.2, 0) is 4.79 Å². The molecule has 2 aliphatic heterocycles. The fourth-order valence-electron chi connectivity index (χ4n) is 4.43. The van der Waals surface area contributed by atoms with E-state index in [1.54, 1.807) is 0 Å².